The van der Waals surface area contributed by atoms with E-state index in [1.165, 1.54) is 0 Å². The first kappa shape index (κ1) is 18.0. The molecule has 136 valence electrons. The summed E-state index contributed by atoms with van der Waals surface area (Å²) in [5.41, 5.74) is 0.699. The van der Waals surface area contributed by atoms with E-state index in [1.54, 1.807) is 0 Å². The van der Waals surface area contributed by atoms with Crippen LogP contribution >= 0.6 is 0 Å². The van der Waals surface area contributed by atoms with Gasteiger partial charge in [0.15, 0.2) is 0 Å². The zero-order valence-corrected chi connectivity index (χ0v) is 14.8. The predicted octanol–water partition coefficient (Wildman–Crippen LogP) is 2.83. The summed E-state index contributed by atoms with van der Waals surface area (Å²) in [6.45, 7) is 2.88. The number of nitrogens with zero attached hydrogens (tertiary/aromatic N) is 2. The molecule has 0 N–H and O–H groups in total. The summed E-state index contributed by atoms with van der Waals surface area (Å²) >= 11 is 0. The van der Waals surface area contributed by atoms with Gasteiger partial charge in [-0.05, 0) is 30.7 Å². The number of para-hydroxylation sites is 1. The van der Waals surface area contributed by atoms with Crippen molar-refractivity contribution in [2.75, 3.05) is 32.8 Å². The number of piperazine rings is 1. The molecule has 1 aliphatic heterocycles. The monoisotopic (exact) mass is 352 g/mol. The number of hydrogen-bond donors (Lipinski definition) is 0. The lowest BCUT2D eigenvalue weighted by Gasteiger charge is -2.35. The van der Waals surface area contributed by atoms with Crippen LogP contribution < -0.4 is 4.74 Å². The summed E-state index contributed by atoms with van der Waals surface area (Å²) in [4.78, 5) is 28.4. The molecule has 0 aliphatic carbocycles. The van der Waals surface area contributed by atoms with Crippen LogP contribution in [0.3, 0.4) is 0 Å². The highest BCUT2D eigenvalue weighted by molar-refractivity contribution is 5.94. The van der Waals surface area contributed by atoms with Crippen LogP contribution in [-0.2, 0) is 4.79 Å². The molecule has 3 rings (SSSR count). The van der Waals surface area contributed by atoms with E-state index in [1.807, 2.05) is 70.5 Å². The van der Waals surface area contributed by atoms with Gasteiger partial charge in [0.2, 0.25) is 5.91 Å². The molecule has 5 heteroatoms. The smallest absolute Gasteiger partial charge is 0.253 e. The molecule has 2 aromatic rings. The molecule has 1 fully saturated rings. The van der Waals surface area contributed by atoms with E-state index < -0.39 is 0 Å². The SMILES string of the molecule is O=C(CCCOc1ccccc1)N1CCN(C(=O)c2ccccc2)CC1. The van der Waals surface area contributed by atoms with Gasteiger partial charge in [0, 0.05) is 38.2 Å². The standard InChI is InChI=1S/C21H24N2O3/c24-20(12-7-17-26-19-10-5-2-6-11-19)22-13-15-23(16-14-22)21(25)18-8-3-1-4-9-18/h1-6,8-11H,7,12-17H2. The molecular weight excluding hydrogens is 328 g/mol. The summed E-state index contributed by atoms with van der Waals surface area (Å²) in [5, 5.41) is 0. The van der Waals surface area contributed by atoms with Crippen LogP contribution in [0.1, 0.15) is 23.2 Å². The topological polar surface area (TPSA) is 49.9 Å². The van der Waals surface area contributed by atoms with Crippen molar-refractivity contribution in [2.45, 2.75) is 12.8 Å². The van der Waals surface area contributed by atoms with Gasteiger partial charge in [-0.15, -0.1) is 0 Å². The molecule has 2 aromatic carbocycles. The van der Waals surface area contributed by atoms with Crippen LogP contribution in [0.25, 0.3) is 0 Å². The fraction of sp³-hybridized carbons (Fsp3) is 0.333. The number of rotatable bonds is 6. The molecule has 1 aliphatic rings. The molecular formula is C21H24N2O3. The number of carbonyl (C=O) groups is 2. The van der Waals surface area contributed by atoms with Crippen molar-refractivity contribution in [3.8, 4) is 5.75 Å². The first-order valence-electron chi connectivity index (χ1n) is 9.04. The minimum absolute atomic E-state index is 0.0361. The Kier molecular flexibility index (Phi) is 6.25. The number of benzene rings is 2. The molecule has 0 unspecified atom stereocenters. The Morgan fingerprint density at radius 2 is 1.38 bits per heavy atom. The van der Waals surface area contributed by atoms with E-state index in [4.69, 9.17) is 4.74 Å². The first-order valence-corrected chi connectivity index (χ1v) is 9.04. The summed E-state index contributed by atoms with van der Waals surface area (Å²) in [5.74, 6) is 0.996. The number of amides is 2. The van der Waals surface area contributed by atoms with Gasteiger partial charge in [-0.1, -0.05) is 36.4 Å². The van der Waals surface area contributed by atoms with Gasteiger partial charge in [0.25, 0.3) is 5.91 Å². The number of carbonyl (C=O) groups excluding carboxylic acids is 2. The van der Waals surface area contributed by atoms with Gasteiger partial charge < -0.3 is 14.5 Å². The van der Waals surface area contributed by atoms with Crippen molar-refractivity contribution in [2.24, 2.45) is 0 Å². The zero-order valence-electron chi connectivity index (χ0n) is 14.8. The van der Waals surface area contributed by atoms with E-state index in [2.05, 4.69) is 0 Å². The van der Waals surface area contributed by atoms with Crippen molar-refractivity contribution >= 4 is 11.8 Å². The Morgan fingerprint density at radius 3 is 2.04 bits per heavy atom. The minimum Gasteiger partial charge on any atom is -0.494 e. The first-order chi connectivity index (χ1) is 12.7. The van der Waals surface area contributed by atoms with E-state index in [0.29, 0.717) is 51.2 Å². The molecule has 0 aromatic heterocycles. The Morgan fingerprint density at radius 1 is 0.808 bits per heavy atom. The fourth-order valence-corrected chi connectivity index (χ4v) is 3.01. The molecule has 26 heavy (non-hydrogen) atoms. The maximum absolute atomic E-state index is 12.4. The largest absolute Gasteiger partial charge is 0.494 e. The average Bonchev–Trinajstić information content (AvgIpc) is 2.72. The van der Waals surface area contributed by atoms with Crippen LogP contribution in [0.4, 0.5) is 0 Å². The summed E-state index contributed by atoms with van der Waals surface area (Å²) in [6.07, 6.45) is 1.16. The Bertz CT molecular complexity index is 711. The average molecular weight is 352 g/mol. The highest BCUT2D eigenvalue weighted by Gasteiger charge is 2.24. The molecule has 0 bridgehead atoms. The Labute approximate surface area is 154 Å². The maximum Gasteiger partial charge on any atom is 0.253 e. The van der Waals surface area contributed by atoms with Crippen LogP contribution in [-0.4, -0.2) is 54.4 Å². The molecule has 0 atom stereocenters. The Balaban J connectivity index is 1.37. The summed E-state index contributed by atoms with van der Waals surface area (Å²) in [6, 6.07) is 18.9. The quantitative estimate of drug-likeness (QED) is 0.751. The van der Waals surface area contributed by atoms with Crippen molar-refractivity contribution in [3.05, 3.63) is 66.2 Å². The fourth-order valence-electron chi connectivity index (χ4n) is 3.01. The van der Waals surface area contributed by atoms with Crippen molar-refractivity contribution in [1.82, 2.24) is 9.80 Å². The van der Waals surface area contributed by atoms with Gasteiger partial charge in [0.1, 0.15) is 5.75 Å². The second-order valence-electron chi connectivity index (χ2n) is 6.30. The summed E-state index contributed by atoms with van der Waals surface area (Å²) < 4.78 is 5.62. The Hall–Kier alpha value is -2.82. The van der Waals surface area contributed by atoms with Crippen molar-refractivity contribution < 1.29 is 14.3 Å². The molecule has 1 saturated heterocycles. The lowest BCUT2D eigenvalue weighted by atomic mass is 10.1. The van der Waals surface area contributed by atoms with E-state index in [-0.39, 0.29) is 11.8 Å². The van der Waals surface area contributed by atoms with Gasteiger partial charge in [-0.2, -0.15) is 0 Å². The van der Waals surface area contributed by atoms with Crippen molar-refractivity contribution in [3.63, 3.8) is 0 Å². The summed E-state index contributed by atoms with van der Waals surface area (Å²) in [7, 11) is 0. The van der Waals surface area contributed by atoms with Crippen LogP contribution in [0, 0.1) is 0 Å². The zero-order chi connectivity index (χ0) is 18.2. The number of ether oxygens (including phenoxy) is 1. The van der Waals surface area contributed by atoms with E-state index in [9.17, 15) is 9.59 Å². The minimum atomic E-state index is 0.0361. The predicted molar refractivity (Wildman–Crippen MR) is 100 cm³/mol. The van der Waals surface area contributed by atoms with Gasteiger partial charge >= 0.3 is 0 Å². The molecule has 0 spiro atoms. The third-order valence-electron chi connectivity index (χ3n) is 4.49. The van der Waals surface area contributed by atoms with E-state index in [0.717, 1.165) is 5.75 Å². The van der Waals surface area contributed by atoms with Crippen LogP contribution in [0.15, 0.2) is 60.7 Å². The lowest BCUT2D eigenvalue weighted by molar-refractivity contribution is -0.132. The second-order valence-corrected chi connectivity index (χ2v) is 6.30. The molecule has 0 saturated carbocycles. The third kappa shape index (κ3) is 4.85. The van der Waals surface area contributed by atoms with Gasteiger partial charge in [0.05, 0.1) is 6.61 Å². The molecule has 0 radical (unpaired) electrons. The van der Waals surface area contributed by atoms with Crippen LogP contribution in [0.2, 0.25) is 0 Å². The number of hydrogen-bond acceptors (Lipinski definition) is 3. The molecule has 2 amide bonds. The third-order valence-corrected chi connectivity index (χ3v) is 4.49. The van der Waals surface area contributed by atoms with Gasteiger partial charge in [-0.3, -0.25) is 9.59 Å². The second kappa shape index (κ2) is 9.04. The maximum atomic E-state index is 12.4. The molecule has 1 heterocycles. The highest BCUT2D eigenvalue weighted by atomic mass is 16.5. The lowest BCUT2D eigenvalue weighted by Crippen LogP contribution is -2.50. The highest BCUT2D eigenvalue weighted by Crippen LogP contribution is 2.11. The van der Waals surface area contributed by atoms with E-state index >= 15 is 0 Å². The molecule has 5 nitrogen and oxygen atoms in total. The van der Waals surface area contributed by atoms with Crippen molar-refractivity contribution in [1.29, 1.82) is 0 Å². The van der Waals surface area contributed by atoms with Crippen LogP contribution in [0.5, 0.6) is 5.75 Å². The van der Waals surface area contributed by atoms with Gasteiger partial charge in [-0.25, -0.2) is 0 Å². The normalized spacial score (nSPS) is 14.2.